The number of rotatable bonds is 3. The highest BCUT2D eigenvalue weighted by Gasteiger charge is 2.30. The molecule has 2 N–H and O–H groups in total. The fourth-order valence-corrected chi connectivity index (χ4v) is 2.18. The van der Waals surface area contributed by atoms with Gasteiger partial charge in [0.2, 0.25) is 0 Å². The van der Waals surface area contributed by atoms with Crippen molar-refractivity contribution in [2.75, 3.05) is 13.2 Å². The van der Waals surface area contributed by atoms with Gasteiger partial charge in [-0.1, -0.05) is 0 Å². The van der Waals surface area contributed by atoms with Gasteiger partial charge in [0, 0.05) is 12.6 Å². The quantitative estimate of drug-likeness (QED) is 0.585. The third-order valence-electron chi connectivity index (χ3n) is 3.18. The van der Waals surface area contributed by atoms with Crippen LogP contribution in [0.4, 0.5) is 5.69 Å². The smallest absolute Gasteiger partial charge is 0.286 e. The van der Waals surface area contributed by atoms with Crippen LogP contribution in [0.25, 0.3) is 0 Å². The molecule has 102 valence electrons. The van der Waals surface area contributed by atoms with Crippen molar-refractivity contribution in [1.29, 1.82) is 0 Å². The van der Waals surface area contributed by atoms with Crippen LogP contribution >= 0.6 is 0 Å². The largest absolute Gasteiger partial charge is 0.394 e. The number of hydrogen-bond donors (Lipinski definition) is 2. The van der Waals surface area contributed by atoms with Gasteiger partial charge in [0.1, 0.15) is 5.56 Å². The number of carbonyl (C=O) groups excluding carboxylic acids is 1. The van der Waals surface area contributed by atoms with Crippen molar-refractivity contribution >= 4 is 11.6 Å². The lowest BCUT2D eigenvalue weighted by Gasteiger charge is -2.22. The molecule has 2 rings (SSSR count). The average Bonchev–Trinajstić information content (AvgIpc) is 2.86. The molecule has 1 aromatic heterocycles. The van der Waals surface area contributed by atoms with E-state index in [0.717, 1.165) is 18.7 Å². The van der Waals surface area contributed by atoms with Crippen LogP contribution in [0.2, 0.25) is 0 Å². The third kappa shape index (κ3) is 2.48. The lowest BCUT2D eigenvalue weighted by molar-refractivity contribution is -0.385. The summed E-state index contributed by atoms with van der Waals surface area (Å²) in [4.78, 5) is 37.3. The first-order valence-corrected chi connectivity index (χ1v) is 5.83. The van der Waals surface area contributed by atoms with Gasteiger partial charge in [0.05, 0.1) is 23.8 Å². The van der Waals surface area contributed by atoms with Crippen LogP contribution in [-0.2, 0) is 0 Å². The van der Waals surface area contributed by atoms with Crippen molar-refractivity contribution in [2.45, 2.75) is 18.9 Å². The molecule has 19 heavy (non-hydrogen) atoms. The summed E-state index contributed by atoms with van der Waals surface area (Å²) in [6.07, 6.45) is 2.35. The average molecular weight is 267 g/mol. The molecule has 0 radical (unpaired) electrons. The number of aliphatic hydroxyl groups excluding tert-OH is 1. The summed E-state index contributed by atoms with van der Waals surface area (Å²) in [5, 5.41) is 19.8. The molecule has 2 heterocycles. The molecule has 8 heteroatoms. The fraction of sp³-hybridized carbons (Fsp3) is 0.455. The summed E-state index contributed by atoms with van der Waals surface area (Å²) in [6, 6.07) is 0.639. The van der Waals surface area contributed by atoms with E-state index >= 15 is 0 Å². The summed E-state index contributed by atoms with van der Waals surface area (Å²) < 4.78 is 0. The van der Waals surface area contributed by atoms with E-state index in [-0.39, 0.29) is 23.9 Å². The zero-order valence-electron chi connectivity index (χ0n) is 10.0. The molecule has 1 aliphatic rings. The van der Waals surface area contributed by atoms with E-state index in [1.807, 2.05) is 0 Å². The molecule has 0 bridgehead atoms. The van der Waals surface area contributed by atoms with Crippen molar-refractivity contribution in [1.82, 2.24) is 9.88 Å². The maximum atomic E-state index is 12.2. The van der Waals surface area contributed by atoms with Gasteiger partial charge in [-0.05, 0) is 12.8 Å². The summed E-state index contributed by atoms with van der Waals surface area (Å²) in [5.41, 5.74) is -1.28. The molecule has 0 spiro atoms. The Kier molecular flexibility index (Phi) is 3.61. The van der Waals surface area contributed by atoms with E-state index in [0.29, 0.717) is 13.0 Å². The molecule has 1 atom stereocenters. The molecule has 1 fully saturated rings. The van der Waals surface area contributed by atoms with E-state index in [9.17, 15) is 19.7 Å². The summed E-state index contributed by atoms with van der Waals surface area (Å²) in [7, 11) is 0. The Morgan fingerprint density at radius 2 is 2.37 bits per heavy atom. The predicted octanol–water partition coefficient (Wildman–Crippen LogP) is -0.120. The number of aromatic nitrogens is 1. The molecule has 1 amide bonds. The zero-order valence-corrected chi connectivity index (χ0v) is 10.0. The highest BCUT2D eigenvalue weighted by Crippen LogP contribution is 2.19. The summed E-state index contributed by atoms with van der Waals surface area (Å²) in [6.45, 7) is 0.255. The Morgan fingerprint density at radius 1 is 1.63 bits per heavy atom. The maximum absolute atomic E-state index is 12.2. The standard InChI is InChI=1S/C11H13N3O5/c15-6-7-2-1-3-13(7)11(17)9-4-8(14(18)19)5-12-10(9)16/h4-5,7,15H,1-3,6H2,(H,12,16)/t7-/m1/s1. The second kappa shape index (κ2) is 5.19. The minimum absolute atomic E-state index is 0.182. The van der Waals surface area contributed by atoms with Crippen LogP contribution in [0.5, 0.6) is 0 Å². The highest BCUT2D eigenvalue weighted by atomic mass is 16.6. The van der Waals surface area contributed by atoms with Crippen LogP contribution in [-0.4, -0.2) is 45.0 Å². The second-order valence-electron chi connectivity index (χ2n) is 4.33. The van der Waals surface area contributed by atoms with Crippen molar-refractivity contribution in [3.05, 3.63) is 38.3 Å². The van der Waals surface area contributed by atoms with Gasteiger partial charge in [0.15, 0.2) is 0 Å². The van der Waals surface area contributed by atoms with Crippen molar-refractivity contribution < 1.29 is 14.8 Å². The van der Waals surface area contributed by atoms with E-state index in [1.165, 1.54) is 4.90 Å². The van der Waals surface area contributed by atoms with Gasteiger partial charge in [-0.25, -0.2) is 0 Å². The van der Waals surface area contributed by atoms with Gasteiger partial charge < -0.3 is 15.0 Å². The Morgan fingerprint density at radius 3 is 3.00 bits per heavy atom. The van der Waals surface area contributed by atoms with Gasteiger partial charge in [-0.3, -0.25) is 19.7 Å². The number of H-pyrrole nitrogens is 1. The molecule has 0 saturated carbocycles. The van der Waals surface area contributed by atoms with Crippen LogP contribution < -0.4 is 5.56 Å². The van der Waals surface area contributed by atoms with E-state index in [1.54, 1.807) is 0 Å². The molecule has 0 aliphatic carbocycles. The minimum atomic E-state index is -0.680. The molecule has 8 nitrogen and oxygen atoms in total. The number of amides is 1. The Bertz CT molecular complexity index is 568. The molecular formula is C11H13N3O5. The lowest BCUT2D eigenvalue weighted by atomic mass is 10.2. The van der Waals surface area contributed by atoms with E-state index < -0.39 is 16.4 Å². The zero-order chi connectivity index (χ0) is 14.0. The number of aromatic amines is 1. The first kappa shape index (κ1) is 13.2. The lowest BCUT2D eigenvalue weighted by Crippen LogP contribution is -2.40. The first-order chi connectivity index (χ1) is 9.04. The van der Waals surface area contributed by atoms with Crippen LogP contribution in [0, 0.1) is 10.1 Å². The highest BCUT2D eigenvalue weighted by molar-refractivity contribution is 5.94. The van der Waals surface area contributed by atoms with Gasteiger partial charge in [0.25, 0.3) is 17.2 Å². The first-order valence-electron chi connectivity index (χ1n) is 5.83. The maximum Gasteiger partial charge on any atom is 0.286 e. The van der Waals surface area contributed by atoms with Gasteiger partial charge in [-0.2, -0.15) is 0 Å². The monoisotopic (exact) mass is 267 g/mol. The van der Waals surface area contributed by atoms with Crippen molar-refractivity contribution in [3.8, 4) is 0 Å². The molecule has 1 saturated heterocycles. The number of hydrogen-bond acceptors (Lipinski definition) is 5. The number of nitrogens with zero attached hydrogens (tertiary/aromatic N) is 2. The topological polar surface area (TPSA) is 117 Å². The van der Waals surface area contributed by atoms with Crippen LogP contribution in [0.15, 0.2) is 17.1 Å². The van der Waals surface area contributed by atoms with Crippen molar-refractivity contribution in [2.24, 2.45) is 0 Å². The summed E-state index contributed by atoms with van der Waals surface area (Å²) >= 11 is 0. The SMILES string of the molecule is O=C(c1cc([N+](=O)[O-])c[nH]c1=O)N1CCC[C@@H]1CO. The van der Waals surface area contributed by atoms with E-state index in [4.69, 9.17) is 5.11 Å². The summed E-state index contributed by atoms with van der Waals surface area (Å²) in [5.74, 6) is -0.582. The van der Waals surface area contributed by atoms with Crippen LogP contribution in [0.1, 0.15) is 23.2 Å². The number of nitrogens with one attached hydrogen (secondary N) is 1. The number of nitro groups is 1. The van der Waals surface area contributed by atoms with Crippen LogP contribution in [0.3, 0.4) is 0 Å². The third-order valence-corrected chi connectivity index (χ3v) is 3.18. The number of carbonyl (C=O) groups is 1. The Labute approximate surface area is 107 Å². The van der Waals surface area contributed by atoms with Gasteiger partial charge in [-0.15, -0.1) is 0 Å². The molecule has 0 aromatic carbocycles. The fourth-order valence-electron chi connectivity index (χ4n) is 2.18. The normalized spacial score (nSPS) is 18.6. The molecular weight excluding hydrogens is 254 g/mol. The number of pyridine rings is 1. The van der Waals surface area contributed by atoms with E-state index in [2.05, 4.69) is 4.98 Å². The second-order valence-corrected chi connectivity index (χ2v) is 4.33. The minimum Gasteiger partial charge on any atom is -0.394 e. The van der Waals surface area contributed by atoms with Crippen molar-refractivity contribution in [3.63, 3.8) is 0 Å². The molecule has 1 aliphatic heterocycles. The molecule has 1 aromatic rings. The Balaban J connectivity index is 2.35. The number of aliphatic hydroxyl groups is 1. The predicted molar refractivity (Wildman–Crippen MR) is 64.9 cm³/mol. The van der Waals surface area contributed by atoms with Gasteiger partial charge >= 0.3 is 0 Å². The Hall–Kier alpha value is -2.22. The molecule has 0 unspecified atom stereocenters. The number of likely N-dealkylation sites (tertiary alicyclic amines) is 1.